The third-order valence-corrected chi connectivity index (χ3v) is 5.76. The van der Waals surface area contributed by atoms with Crippen LogP contribution in [0, 0.1) is 11.8 Å². The maximum absolute atomic E-state index is 12.7. The predicted octanol–water partition coefficient (Wildman–Crippen LogP) is 3.80. The van der Waals surface area contributed by atoms with Crippen LogP contribution < -0.4 is 10.6 Å². The summed E-state index contributed by atoms with van der Waals surface area (Å²) in [4.78, 5) is 29.4. The van der Waals surface area contributed by atoms with Crippen molar-refractivity contribution in [2.75, 3.05) is 38.0 Å². The molecule has 29 heavy (non-hydrogen) atoms. The van der Waals surface area contributed by atoms with Crippen molar-refractivity contribution in [2.24, 2.45) is 11.8 Å². The van der Waals surface area contributed by atoms with Gasteiger partial charge >= 0.3 is 6.03 Å². The third kappa shape index (κ3) is 7.35. The second-order valence-electron chi connectivity index (χ2n) is 8.31. The van der Waals surface area contributed by atoms with Crippen LogP contribution in [0.3, 0.4) is 0 Å². The number of amides is 3. The van der Waals surface area contributed by atoms with Crippen molar-refractivity contribution in [3.05, 3.63) is 30.3 Å². The number of carbonyl (C=O) groups excluding carboxylic acids is 2. The predicted molar refractivity (Wildman–Crippen MR) is 119 cm³/mol. The number of rotatable bonds is 9. The minimum absolute atomic E-state index is 0.00664. The first-order valence-corrected chi connectivity index (χ1v) is 11.1. The smallest absolute Gasteiger partial charge is 0.317 e. The Morgan fingerprint density at radius 1 is 1.10 bits per heavy atom. The zero-order chi connectivity index (χ0) is 21.2. The largest absolute Gasteiger partial charge is 0.336 e. The number of carbonyl (C=O) groups is 2. The number of anilines is 1. The number of likely N-dealkylation sites (N-methyl/N-ethyl adjacent to an activating group) is 1. The van der Waals surface area contributed by atoms with E-state index < -0.39 is 0 Å². The lowest BCUT2D eigenvalue weighted by atomic mass is 9.96. The number of likely N-dealkylation sites (tertiary alicyclic amines) is 1. The van der Waals surface area contributed by atoms with Gasteiger partial charge in [0.1, 0.15) is 0 Å². The molecule has 0 spiro atoms. The van der Waals surface area contributed by atoms with E-state index in [1.165, 1.54) is 0 Å². The van der Waals surface area contributed by atoms with Crippen molar-refractivity contribution in [3.63, 3.8) is 0 Å². The highest BCUT2D eigenvalue weighted by Gasteiger charge is 2.28. The van der Waals surface area contributed by atoms with Crippen LogP contribution >= 0.6 is 0 Å². The van der Waals surface area contributed by atoms with Gasteiger partial charge in [0.2, 0.25) is 5.91 Å². The Morgan fingerprint density at radius 2 is 1.72 bits per heavy atom. The first-order chi connectivity index (χ1) is 13.9. The van der Waals surface area contributed by atoms with E-state index in [4.69, 9.17) is 0 Å². The Morgan fingerprint density at radius 3 is 2.28 bits per heavy atom. The number of benzene rings is 1. The van der Waals surface area contributed by atoms with Crippen molar-refractivity contribution < 1.29 is 9.59 Å². The molecule has 0 aliphatic carbocycles. The maximum Gasteiger partial charge on any atom is 0.317 e. The fourth-order valence-electron chi connectivity index (χ4n) is 4.07. The molecule has 1 aromatic rings. The van der Waals surface area contributed by atoms with Gasteiger partial charge in [-0.3, -0.25) is 9.69 Å². The molecule has 1 atom stereocenters. The summed E-state index contributed by atoms with van der Waals surface area (Å²) >= 11 is 0. The first-order valence-electron chi connectivity index (χ1n) is 11.1. The van der Waals surface area contributed by atoms with Crippen molar-refractivity contribution in [3.8, 4) is 0 Å². The summed E-state index contributed by atoms with van der Waals surface area (Å²) in [5.74, 6) is 0.606. The summed E-state index contributed by atoms with van der Waals surface area (Å²) in [6, 6.07) is 9.89. The van der Waals surface area contributed by atoms with Crippen LogP contribution in [0.2, 0.25) is 0 Å². The number of para-hydroxylation sites is 1. The molecule has 162 valence electrons. The lowest BCUT2D eigenvalue weighted by Gasteiger charge is -2.34. The molecule has 6 heteroatoms. The Bertz CT molecular complexity index is 623. The number of hydrogen-bond donors (Lipinski definition) is 2. The molecule has 2 rings (SSSR count). The Labute approximate surface area is 176 Å². The molecule has 1 unspecified atom stereocenters. The van der Waals surface area contributed by atoms with Gasteiger partial charge < -0.3 is 15.5 Å². The van der Waals surface area contributed by atoms with E-state index in [0.29, 0.717) is 44.4 Å². The Balaban J connectivity index is 1.79. The van der Waals surface area contributed by atoms with Gasteiger partial charge in [-0.15, -0.1) is 0 Å². The molecule has 1 fully saturated rings. The van der Waals surface area contributed by atoms with E-state index in [-0.39, 0.29) is 17.9 Å². The molecule has 1 heterocycles. The van der Waals surface area contributed by atoms with Gasteiger partial charge in [0, 0.05) is 37.3 Å². The van der Waals surface area contributed by atoms with Crippen molar-refractivity contribution in [2.45, 2.75) is 53.0 Å². The summed E-state index contributed by atoms with van der Waals surface area (Å²) in [6.45, 7) is 12.7. The number of urea groups is 1. The lowest BCUT2D eigenvalue weighted by molar-refractivity contribution is -0.121. The number of hydrogen-bond acceptors (Lipinski definition) is 3. The van der Waals surface area contributed by atoms with Crippen molar-refractivity contribution in [1.29, 1.82) is 0 Å². The standard InChI is InChI=1S/C23H38N4O2/c1-5-26(6-2)21(16-18(3)4)17-24-23(29)27-14-12-19(13-15-27)22(28)25-20-10-8-7-9-11-20/h7-11,18-19,21H,5-6,12-17H2,1-4H3,(H,24,29)(H,25,28). The van der Waals surface area contributed by atoms with Gasteiger partial charge in [0.15, 0.2) is 0 Å². The van der Waals surface area contributed by atoms with E-state index in [2.05, 4.69) is 43.2 Å². The lowest BCUT2D eigenvalue weighted by Crippen LogP contribution is -2.50. The second kappa shape index (κ2) is 11.8. The molecule has 1 aliphatic heterocycles. The topological polar surface area (TPSA) is 64.7 Å². The van der Waals surface area contributed by atoms with Crippen LogP contribution in [0.25, 0.3) is 0 Å². The summed E-state index contributed by atoms with van der Waals surface area (Å²) in [7, 11) is 0. The van der Waals surface area contributed by atoms with Crippen LogP contribution in [0.5, 0.6) is 0 Å². The molecule has 0 radical (unpaired) electrons. The SMILES string of the molecule is CCN(CC)C(CNC(=O)N1CCC(C(=O)Nc2ccccc2)CC1)CC(C)C. The van der Waals surface area contributed by atoms with E-state index >= 15 is 0 Å². The van der Waals surface area contributed by atoms with Crippen LogP contribution in [0.15, 0.2) is 30.3 Å². The molecule has 0 bridgehead atoms. The highest BCUT2D eigenvalue weighted by molar-refractivity contribution is 5.92. The fourth-order valence-corrected chi connectivity index (χ4v) is 4.07. The van der Waals surface area contributed by atoms with E-state index in [1.54, 1.807) is 0 Å². The van der Waals surface area contributed by atoms with E-state index in [0.717, 1.165) is 25.2 Å². The number of nitrogens with one attached hydrogen (secondary N) is 2. The zero-order valence-electron chi connectivity index (χ0n) is 18.5. The minimum Gasteiger partial charge on any atom is -0.336 e. The van der Waals surface area contributed by atoms with E-state index in [1.807, 2.05) is 35.2 Å². The highest BCUT2D eigenvalue weighted by Crippen LogP contribution is 2.20. The molecule has 1 aromatic carbocycles. The van der Waals surface area contributed by atoms with Gasteiger partial charge in [0.25, 0.3) is 0 Å². The molecule has 0 aromatic heterocycles. The number of nitrogens with zero attached hydrogens (tertiary/aromatic N) is 2. The van der Waals surface area contributed by atoms with E-state index in [9.17, 15) is 9.59 Å². The highest BCUT2D eigenvalue weighted by atomic mass is 16.2. The summed E-state index contributed by atoms with van der Waals surface area (Å²) < 4.78 is 0. The van der Waals surface area contributed by atoms with Gasteiger partial charge in [0.05, 0.1) is 0 Å². The van der Waals surface area contributed by atoms with Crippen molar-refractivity contribution >= 4 is 17.6 Å². The summed E-state index contributed by atoms with van der Waals surface area (Å²) in [5.41, 5.74) is 0.824. The third-order valence-electron chi connectivity index (χ3n) is 5.76. The molecule has 6 nitrogen and oxygen atoms in total. The van der Waals surface area contributed by atoms with Crippen LogP contribution in [0.1, 0.15) is 47.0 Å². The summed E-state index contributed by atoms with van der Waals surface area (Å²) in [5, 5.41) is 6.11. The molecule has 1 aliphatic rings. The van der Waals surface area contributed by atoms with Crippen LogP contribution in [0.4, 0.5) is 10.5 Å². The van der Waals surface area contributed by atoms with Crippen LogP contribution in [-0.4, -0.2) is 60.5 Å². The maximum atomic E-state index is 12.7. The van der Waals surface area contributed by atoms with Crippen molar-refractivity contribution in [1.82, 2.24) is 15.1 Å². The van der Waals surface area contributed by atoms with Gasteiger partial charge in [-0.2, -0.15) is 0 Å². The average Bonchev–Trinajstić information content (AvgIpc) is 2.73. The molecular weight excluding hydrogens is 364 g/mol. The molecule has 1 saturated heterocycles. The monoisotopic (exact) mass is 402 g/mol. The minimum atomic E-state index is -0.0383. The van der Waals surface area contributed by atoms with Gasteiger partial charge in [-0.1, -0.05) is 45.9 Å². The summed E-state index contributed by atoms with van der Waals surface area (Å²) in [6.07, 6.45) is 2.48. The number of piperidine rings is 1. The Kier molecular flexibility index (Phi) is 9.45. The first kappa shape index (κ1) is 23.2. The average molecular weight is 403 g/mol. The molecule has 2 N–H and O–H groups in total. The quantitative estimate of drug-likeness (QED) is 0.660. The molecular formula is C23H38N4O2. The fraction of sp³-hybridized carbons (Fsp3) is 0.652. The normalized spacial score (nSPS) is 16.1. The van der Waals surface area contributed by atoms with Gasteiger partial charge in [-0.05, 0) is 50.4 Å². The molecule has 3 amide bonds. The second-order valence-corrected chi connectivity index (χ2v) is 8.31. The van der Waals surface area contributed by atoms with Gasteiger partial charge in [-0.25, -0.2) is 4.79 Å². The molecule has 0 saturated carbocycles. The van der Waals surface area contributed by atoms with Crippen LogP contribution in [-0.2, 0) is 4.79 Å². The Hall–Kier alpha value is -2.08. The zero-order valence-corrected chi connectivity index (χ0v) is 18.5.